The fourth-order valence-corrected chi connectivity index (χ4v) is 4.85. The number of benzene rings is 3. The lowest BCUT2D eigenvalue weighted by molar-refractivity contribution is -0.153. The summed E-state index contributed by atoms with van der Waals surface area (Å²) in [5.41, 5.74) is 6.41. The molecule has 0 spiro atoms. The van der Waals surface area contributed by atoms with Crippen molar-refractivity contribution in [3.63, 3.8) is 0 Å². The molecule has 1 aliphatic rings. The predicted molar refractivity (Wildman–Crippen MR) is 149 cm³/mol. The van der Waals surface area contributed by atoms with Crippen molar-refractivity contribution in [2.75, 3.05) is 18.5 Å². The third-order valence-corrected chi connectivity index (χ3v) is 6.52. The fraction of sp³-hybridized carbons (Fsp3) is 0.323. The van der Waals surface area contributed by atoms with Crippen LogP contribution in [0.2, 0.25) is 0 Å². The molecule has 204 valence electrons. The van der Waals surface area contributed by atoms with Gasteiger partial charge in [-0.1, -0.05) is 54.6 Å². The number of carboxylic acids is 1. The number of fused-ring (bicyclic) bond motifs is 3. The largest absolute Gasteiger partial charge is 0.481 e. The maximum absolute atomic E-state index is 12.9. The molecule has 0 heterocycles. The van der Waals surface area contributed by atoms with Gasteiger partial charge in [0.25, 0.3) is 0 Å². The Kier molecular flexibility index (Phi) is 8.35. The monoisotopic (exact) mass is 530 g/mol. The third kappa shape index (κ3) is 7.03. The van der Waals surface area contributed by atoms with E-state index in [4.69, 9.17) is 9.47 Å². The van der Waals surface area contributed by atoms with Crippen LogP contribution in [0.5, 0.6) is 0 Å². The van der Waals surface area contributed by atoms with Gasteiger partial charge in [0.1, 0.15) is 12.2 Å². The van der Waals surface area contributed by atoms with Crippen LogP contribution in [-0.2, 0) is 32.0 Å². The molecule has 3 aromatic carbocycles. The van der Waals surface area contributed by atoms with Crippen molar-refractivity contribution >= 4 is 23.7 Å². The number of anilines is 1. The molecule has 0 fully saturated rings. The topological polar surface area (TPSA) is 114 Å². The average Bonchev–Trinajstić information content (AvgIpc) is 3.17. The summed E-state index contributed by atoms with van der Waals surface area (Å²) in [6.45, 7) is 7.67. The highest BCUT2D eigenvalue weighted by Crippen LogP contribution is 2.44. The Bertz CT molecular complexity index is 1350. The molecule has 0 saturated heterocycles. The zero-order valence-electron chi connectivity index (χ0n) is 22.7. The minimum atomic E-state index is -0.987. The van der Waals surface area contributed by atoms with Gasteiger partial charge in [0.15, 0.2) is 0 Å². The molecule has 0 unspecified atom stereocenters. The molecule has 0 saturated carbocycles. The van der Waals surface area contributed by atoms with Gasteiger partial charge in [0, 0.05) is 18.2 Å². The number of hydrogen-bond donors (Lipinski definition) is 3. The summed E-state index contributed by atoms with van der Waals surface area (Å²) in [6, 6.07) is 19.6. The fourth-order valence-electron chi connectivity index (χ4n) is 4.85. The maximum Gasteiger partial charge on any atom is 0.411 e. The second kappa shape index (κ2) is 11.7. The number of amides is 1. The molecule has 0 bridgehead atoms. The summed E-state index contributed by atoms with van der Waals surface area (Å²) in [5.74, 6) is -1.45. The van der Waals surface area contributed by atoms with E-state index in [-0.39, 0.29) is 38.0 Å². The van der Waals surface area contributed by atoms with Gasteiger partial charge in [-0.15, -0.1) is 0 Å². The molecular weight excluding hydrogens is 496 g/mol. The van der Waals surface area contributed by atoms with Crippen molar-refractivity contribution in [1.29, 1.82) is 0 Å². The minimum absolute atomic E-state index is 0.00495. The lowest BCUT2D eigenvalue weighted by Gasteiger charge is -2.20. The van der Waals surface area contributed by atoms with E-state index in [9.17, 15) is 19.5 Å². The number of nitrogens with one attached hydrogen (secondary N) is 2. The summed E-state index contributed by atoms with van der Waals surface area (Å²) >= 11 is 0. The molecule has 0 aromatic heterocycles. The van der Waals surface area contributed by atoms with E-state index in [1.54, 1.807) is 32.9 Å². The van der Waals surface area contributed by atoms with Gasteiger partial charge >= 0.3 is 18.0 Å². The van der Waals surface area contributed by atoms with Crippen LogP contribution in [-0.4, -0.2) is 41.9 Å². The first-order valence-electron chi connectivity index (χ1n) is 12.9. The zero-order chi connectivity index (χ0) is 28.2. The summed E-state index contributed by atoms with van der Waals surface area (Å²) in [7, 11) is 0. The molecule has 3 N–H and O–H groups in total. The molecule has 1 amide bonds. The zero-order valence-corrected chi connectivity index (χ0v) is 22.7. The maximum atomic E-state index is 12.9. The smallest absolute Gasteiger partial charge is 0.411 e. The Balaban J connectivity index is 1.45. The number of hydrogen-bond acceptors (Lipinski definition) is 6. The van der Waals surface area contributed by atoms with E-state index in [2.05, 4.69) is 34.9 Å². The van der Waals surface area contributed by atoms with Gasteiger partial charge < -0.3 is 19.9 Å². The quantitative estimate of drug-likeness (QED) is 0.317. The third-order valence-electron chi connectivity index (χ3n) is 6.52. The SMILES string of the molecule is Cc1c(CNCC(=O)OC(C)(C)C)cc(CC(=O)O)cc1NC(=O)OCC1c2ccccc2-c2ccccc21. The molecule has 3 aromatic rings. The van der Waals surface area contributed by atoms with Crippen molar-refractivity contribution in [2.45, 2.75) is 52.2 Å². The predicted octanol–water partition coefficient (Wildman–Crippen LogP) is 5.41. The van der Waals surface area contributed by atoms with Gasteiger partial charge in [-0.05, 0) is 72.7 Å². The van der Waals surface area contributed by atoms with Crippen molar-refractivity contribution in [2.24, 2.45) is 0 Å². The summed E-state index contributed by atoms with van der Waals surface area (Å²) in [6.07, 6.45) is -0.835. The van der Waals surface area contributed by atoms with Gasteiger partial charge in [-0.3, -0.25) is 14.9 Å². The number of aliphatic carboxylic acids is 1. The Hall–Kier alpha value is -4.17. The van der Waals surface area contributed by atoms with Crippen LogP contribution in [0.3, 0.4) is 0 Å². The van der Waals surface area contributed by atoms with Crippen LogP contribution < -0.4 is 10.6 Å². The van der Waals surface area contributed by atoms with Crippen LogP contribution in [0, 0.1) is 6.92 Å². The number of esters is 1. The first-order valence-corrected chi connectivity index (χ1v) is 12.9. The molecule has 0 aliphatic heterocycles. The Morgan fingerprint density at radius 2 is 1.56 bits per heavy atom. The first-order chi connectivity index (χ1) is 18.5. The van der Waals surface area contributed by atoms with Gasteiger partial charge in [-0.25, -0.2) is 4.79 Å². The lowest BCUT2D eigenvalue weighted by Crippen LogP contribution is -2.31. The molecule has 8 nitrogen and oxygen atoms in total. The Labute approximate surface area is 228 Å². The molecule has 1 aliphatic carbocycles. The highest BCUT2D eigenvalue weighted by Gasteiger charge is 2.29. The molecule has 0 radical (unpaired) electrons. The molecule has 0 atom stereocenters. The number of carbonyl (C=O) groups is 3. The van der Waals surface area contributed by atoms with E-state index < -0.39 is 17.7 Å². The molecule has 39 heavy (non-hydrogen) atoms. The minimum Gasteiger partial charge on any atom is -0.481 e. The molecular formula is C31H34N2O6. The van der Waals surface area contributed by atoms with Crippen LogP contribution in [0.25, 0.3) is 11.1 Å². The number of carbonyl (C=O) groups excluding carboxylic acids is 2. The van der Waals surface area contributed by atoms with Gasteiger partial charge in [0.2, 0.25) is 0 Å². The molecule has 8 heteroatoms. The van der Waals surface area contributed by atoms with Crippen molar-refractivity contribution in [1.82, 2.24) is 5.32 Å². The Morgan fingerprint density at radius 1 is 0.949 bits per heavy atom. The van der Waals surface area contributed by atoms with Crippen LogP contribution in [0.15, 0.2) is 60.7 Å². The van der Waals surface area contributed by atoms with Crippen LogP contribution in [0.4, 0.5) is 10.5 Å². The van der Waals surface area contributed by atoms with Gasteiger partial charge in [-0.2, -0.15) is 0 Å². The number of carboxylic acid groups (broad SMARTS) is 1. The summed E-state index contributed by atoms with van der Waals surface area (Å²) < 4.78 is 11.0. The number of rotatable bonds is 9. The van der Waals surface area contributed by atoms with Crippen LogP contribution in [0.1, 0.15) is 54.5 Å². The second-order valence-electron chi connectivity index (χ2n) is 10.6. The number of ether oxygens (including phenoxy) is 2. The average molecular weight is 531 g/mol. The molecule has 4 rings (SSSR count). The van der Waals surface area contributed by atoms with E-state index in [0.717, 1.165) is 33.4 Å². The highest BCUT2D eigenvalue weighted by atomic mass is 16.6. The van der Waals surface area contributed by atoms with Crippen molar-refractivity contribution in [3.8, 4) is 11.1 Å². The van der Waals surface area contributed by atoms with Gasteiger partial charge in [0.05, 0.1) is 13.0 Å². The van der Waals surface area contributed by atoms with Crippen molar-refractivity contribution < 1.29 is 29.0 Å². The highest BCUT2D eigenvalue weighted by molar-refractivity contribution is 5.87. The second-order valence-corrected chi connectivity index (χ2v) is 10.6. The van der Waals surface area contributed by atoms with E-state index in [0.29, 0.717) is 11.3 Å². The van der Waals surface area contributed by atoms with E-state index >= 15 is 0 Å². The summed E-state index contributed by atoms with van der Waals surface area (Å²) in [5, 5.41) is 15.2. The van der Waals surface area contributed by atoms with Crippen molar-refractivity contribution in [3.05, 3.63) is 88.5 Å². The lowest BCUT2D eigenvalue weighted by atomic mass is 9.98. The van der Waals surface area contributed by atoms with E-state index in [1.165, 1.54) is 0 Å². The normalized spacial score (nSPS) is 12.4. The van der Waals surface area contributed by atoms with E-state index in [1.807, 2.05) is 31.2 Å². The van der Waals surface area contributed by atoms with Crippen LogP contribution >= 0.6 is 0 Å². The first kappa shape index (κ1) is 27.9. The Morgan fingerprint density at radius 3 is 2.15 bits per heavy atom. The standard InChI is InChI=1S/C31H34N2O6/c1-19-21(16-32-17-29(36)39-31(2,3)4)13-20(15-28(34)35)14-27(19)33-30(37)38-18-26-24-11-7-5-9-22(24)23-10-6-8-12-25(23)26/h5-14,26,32H,15-18H2,1-4H3,(H,33,37)(H,34,35). The summed E-state index contributed by atoms with van der Waals surface area (Å²) in [4.78, 5) is 36.4.